The molecule has 0 aromatic heterocycles. The monoisotopic (exact) mass is 407 g/mol. The van der Waals surface area contributed by atoms with Crippen LogP contribution in [0.3, 0.4) is 0 Å². The predicted octanol–water partition coefficient (Wildman–Crippen LogP) is 3.52. The van der Waals surface area contributed by atoms with Gasteiger partial charge in [0.25, 0.3) is 0 Å². The van der Waals surface area contributed by atoms with Gasteiger partial charge in [-0.1, -0.05) is 17.7 Å². The normalized spacial score (nSPS) is 12.0. The Morgan fingerprint density at radius 2 is 1.77 bits per heavy atom. The van der Waals surface area contributed by atoms with Crippen LogP contribution in [0, 0.1) is 0 Å². The maximum Gasteiger partial charge on any atom is 0.511 e. The molecule has 0 saturated heterocycles. The highest BCUT2D eigenvalue weighted by Crippen LogP contribution is 2.24. The molecule has 26 heavy (non-hydrogen) atoms. The van der Waals surface area contributed by atoms with Gasteiger partial charge in [0.1, 0.15) is 5.75 Å². The first-order valence-corrected chi connectivity index (χ1v) is 8.94. The van der Waals surface area contributed by atoms with E-state index in [4.69, 9.17) is 16.3 Å². The first kappa shape index (κ1) is 20.2. The fourth-order valence-electron chi connectivity index (χ4n) is 2.07. The molecule has 0 spiro atoms. The van der Waals surface area contributed by atoms with Crippen molar-refractivity contribution in [2.75, 3.05) is 7.11 Å². The quantitative estimate of drug-likeness (QED) is 0.744. The van der Waals surface area contributed by atoms with E-state index in [1.54, 1.807) is 12.1 Å². The highest BCUT2D eigenvalue weighted by atomic mass is 35.5. The number of sulfonamides is 1. The Bertz CT molecular complexity index is 912. The summed E-state index contributed by atoms with van der Waals surface area (Å²) in [7, 11) is -4.08. The molecule has 1 N–H and O–H groups in total. The highest BCUT2D eigenvalue weighted by Gasteiger charge is 2.45. The van der Waals surface area contributed by atoms with E-state index in [9.17, 15) is 26.4 Å². The molecular formula is C16H13ClF3NO4S. The number of benzene rings is 2. The van der Waals surface area contributed by atoms with Gasteiger partial charge in [0.05, 0.1) is 7.11 Å². The molecule has 0 bridgehead atoms. The first-order valence-electron chi connectivity index (χ1n) is 7.08. The van der Waals surface area contributed by atoms with Crippen LogP contribution in [0.5, 0.6) is 5.75 Å². The Kier molecular flexibility index (Phi) is 5.94. The number of methoxy groups -OCH3 is 1. The van der Waals surface area contributed by atoms with Crippen molar-refractivity contribution >= 4 is 27.4 Å². The molecule has 2 rings (SSSR count). The Morgan fingerprint density at radius 3 is 2.31 bits per heavy atom. The van der Waals surface area contributed by atoms with Gasteiger partial charge < -0.3 is 4.74 Å². The van der Waals surface area contributed by atoms with Gasteiger partial charge in [-0.15, -0.1) is 0 Å². The second-order valence-corrected chi connectivity index (χ2v) is 7.32. The Balaban J connectivity index is 2.33. The summed E-state index contributed by atoms with van der Waals surface area (Å²) in [6.45, 7) is -0.712. The molecule has 0 fully saturated rings. The van der Waals surface area contributed by atoms with Crippen molar-refractivity contribution in [2.24, 2.45) is 0 Å². The fourth-order valence-corrected chi connectivity index (χ4v) is 2.75. The van der Waals surface area contributed by atoms with E-state index >= 15 is 0 Å². The molecule has 0 saturated carbocycles. The molecule has 2 aromatic carbocycles. The van der Waals surface area contributed by atoms with Crippen molar-refractivity contribution in [3.8, 4) is 5.75 Å². The van der Waals surface area contributed by atoms with Crippen molar-refractivity contribution in [2.45, 2.75) is 12.1 Å². The molecule has 140 valence electrons. The second kappa shape index (κ2) is 7.65. The molecule has 10 heteroatoms. The Morgan fingerprint density at radius 1 is 1.15 bits per heavy atom. The number of halogens is 4. The van der Waals surface area contributed by atoms with Crippen molar-refractivity contribution in [1.82, 2.24) is 4.72 Å². The smallest absolute Gasteiger partial charge is 0.497 e. The van der Waals surface area contributed by atoms with Gasteiger partial charge in [-0.3, -0.25) is 4.79 Å². The summed E-state index contributed by atoms with van der Waals surface area (Å²) >= 11 is 5.87. The third-order valence-electron chi connectivity index (χ3n) is 3.43. The van der Waals surface area contributed by atoms with E-state index in [0.29, 0.717) is 5.75 Å². The number of ketones is 1. The van der Waals surface area contributed by atoms with E-state index in [-0.39, 0.29) is 21.7 Å². The average Bonchev–Trinajstić information content (AvgIpc) is 2.59. The second-order valence-electron chi connectivity index (χ2n) is 5.13. The molecule has 5 nitrogen and oxygen atoms in total. The van der Waals surface area contributed by atoms with Gasteiger partial charge in [-0.05, 0) is 42.0 Å². The molecule has 0 aliphatic carbocycles. The lowest BCUT2D eigenvalue weighted by atomic mass is 9.98. The van der Waals surface area contributed by atoms with E-state index in [0.717, 1.165) is 0 Å². The van der Waals surface area contributed by atoms with Crippen LogP contribution < -0.4 is 9.46 Å². The lowest BCUT2D eigenvalue weighted by Crippen LogP contribution is -2.36. The Hall–Kier alpha value is -2.10. The van der Waals surface area contributed by atoms with Crippen LogP contribution in [0.4, 0.5) is 13.2 Å². The highest BCUT2D eigenvalue weighted by molar-refractivity contribution is 7.90. The lowest BCUT2D eigenvalue weighted by molar-refractivity contribution is -0.0448. The molecule has 0 radical (unpaired) electrons. The Labute approximate surface area is 152 Å². The summed E-state index contributed by atoms with van der Waals surface area (Å²) in [6.07, 6.45) is 0. The molecule has 0 amide bonds. The van der Waals surface area contributed by atoms with E-state index in [1.165, 1.54) is 42.2 Å². The van der Waals surface area contributed by atoms with Crippen molar-refractivity contribution in [1.29, 1.82) is 0 Å². The summed E-state index contributed by atoms with van der Waals surface area (Å²) in [5.74, 6) is 0.00200. The number of hydrogen-bond donors (Lipinski definition) is 1. The van der Waals surface area contributed by atoms with E-state index in [2.05, 4.69) is 0 Å². The third-order valence-corrected chi connectivity index (χ3v) is 4.79. The number of carbonyl (C=O) groups excluding carboxylic acids is 1. The minimum atomic E-state index is -5.53. The van der Waals surface area contributed by atoms with Crippen molar-refractivity contribution in [3.05, 3.63) is 64.2 Å². The molecular weight excluding hydrogens is 395 g/mol. The number of nitrogens with one attached hydrogen (secondary N) is 1. The zero-order chi connectivity index (χ0) is 19.5. The molecule has 0 aliphatic heterocycles. The topological polar surface area (TPSA) is 72.5 Å². The molecule has 0 atom stereocenters. The van der Waals surface area contributed by atoms with Crippen LogP contribution in [-0.4, -0.2) is 26.8 Å². The van der Waals surface area contributed by atoms with Gasteiger partial charge in [0, 0.05) is 22.7 Å². The van der Waals surface area contributed by atoms with Gasteiger partial charge >= 0.3 is 15.5 Å². The maximum atomic E-state index is 12.6. The van der Waals surface area contributed by atoms with Crippen LogP contribution >= 0.6 is 11.6 Å². The van der Waals surface area contributed by atoms with E-state index < -0.39 is 27.9 Å². The lowest BCUT2D eigenvalue weighted by Gasteiger charge is -2.13. The first-order chi connectivity index (χ1) is 12.0. The number of rotatable bonds is 6. The average molecular weight is 408 g/mol. The fraction of sp³-hybridized carbons (Fsp3) is 0.188. The summed E-state index contributed by atoms with van der Waals surface area (Å²) in [5.41, 5.74) is -5.15. The van der Waals surface area contributed by atoms with Crippen molar-refractivity contribution in [3.63, 3.8) is 0 Å². The number of alkyl halides is 3. The van der Waals surface area contributed by atoms with Crippen LogP contribution in [-0.2, 0) is 16.6 Å². The minimum absolute atomic E-state index is 0.00691. The maximum absolute atomic E-state index is 12.6. The van der Waals surface area contributed by atoms with Gasteiger partial charge in [0.2, 0.25) is 0 Å². The zero-order valence-electron chi connectivity index (χ0n) is 13.3. The number of ether oxygens (including phenoxy) is 1. The molecule has 0 unspecified atom stereocenters. The summed E-state index contributed by atoms with van der Waals surface area (Å²) in [5, 5.41) is 0.185. The minimum Gasteiger partial charge on any atom is -0.497 e. The predicted molar refractivity (Wildman–Crippen MR) is 89.7 cm³/mol. The van der Waals surface area contributed by atoms with E-state index in [1.807, 2.05) is 0 Å². The molecule has 0 aliphatic rings. The SMILES string of the molecule is COc1ccc(C(=O)c2cc(Cl)ccc2CNS(=O)(=O)C(F)(F)F)cc1. The van der Waals surface area contributed by atoms with Crippen LogP contribution in [0.15, 0.2) is 42.5 Å². The van der Waals surface area contributed by atoms with Gasteiger partial charge in [-0.2, -0.15) is 13.2 Å². The van der Waals surface area contributed by atoms with Crippen LogP contribution in [0.2, 0.25) is 5.02 Å². The van der Waals surface area contributed by atoms with Crippen molar-refractivity contribution < 1.29 is 31.1 Å². The van der Waals surface area contributed by atoms with Gasteiger partial charge in [0.15, 0.2) is 5.78 Å². The number of hydrogen-bond acceptors (Lipinski definition) is 4. The zero-order valence-corrected chi connectivity index (χ0v) is 14.9. The number of carbonyl (C=O) groups is 1. The largest absolute Gasteiger partial charge is 0.511 e. The standard InChI is InChI=1S/C16H13ClF3NO4S/c1-25-13-6-3-10(4-7-13)15(22)14-8-12(17)5-2-11(14)9-21-26(23,24)16(18,19)20/h2-8,21H,9H2,1H3. The summed E-state index contributed by atoms with van der Waals surface area (Å²) < 4.78 is 66.1. The van der Waals surface area contributed by atoms with Crippen LogP contribution in [0.1, 0.15) is 21.5 Å². The van der Waals surface area contributed by atoms with Gasteiger partial charge in [-0.25, -0.2) is 13.1 Å². The van der Waals surface area contributed by atoms with Crippen LogP contribution in [0.25, 0.3) is 0 Å². The summed E-state index contributed by atoms with van der Waals surface area (Å²) in [6, 6.07) is 9.96. The molecule has 0 heterocycles. The third kappa shape index (κ3) is 4.54. The molecule has 2 aromatic rings. The summed E-state index contributed by atoms with van der Waals surface area (Å²) in [4.78, 5) is 12.6.